The van der Waals surface area contributed by atoms with Crippen molar-refractivity contribution in [1.29, 1.82) is 0 Å². The Labute approximate surface area is 105 Å². The molecule has 0 aliphatic carbocycles. The molecular formula is C10H7Cl2F3O2. The van der Waals surface area contributed by atoms with Crippen LogP contribution >= 0.6 is 23.2 Å². The number of benzene rings is 1. The molecule has 7 heteroatoms. The Bertz CT molecular complexity index is 432. The van der Waals surface area contributed by atoms with Gasteiger partial charge in [0.05, 0.1) is 12.7 Å². The van der Waals surface area contributed by atoms with E-state index in [1.54, 1.807) is 0 Å². The lowest BCUT2D eigenvalue weighted by Gasteiger charge is -2.15. The largest absolute Gasteiger partial charge is 0.468 e. The van der Waals surface area contributed by atoms with Gasteiger partial charge in [-0.25, -0.2) is 0 Å². The molecule has 2 nitrogen and oxygen atoms in total. The SMILES string of the molecule is COC(=O)C(Cl)c1ccc(Cl)cc1C(F)(F)F. The van der Waals surface area contributed by atoms with Gasteiger partial charge in [0.15, 0.2) is 5.38 Å². The molecule has 0 fully saturated rings. The van der Waals surface area contributed by atoms with Gasteiger partial charge in [-0.15, -0.1) is 11.6 Å². The van der Waals surface area contributed by atoms with Crippen LogP contribution in [0.3, 0.4) is 0 Å². The number of rotatable bonds is 2. The second-order valence-electron chi connectivity index (χ2n) is 3.12. The number of carbonyl (C=O) groups is 1. The van der Waals surface area contributed by atoms with Crippen LogP contribution in [-0.2, 0) is 15.7 Å². The predicted octanol–water partition coefficient (Wildman–Crippen LogP) is 3.81. The highest BCUT2D eigenvalue weighted by molar-refractivity contribution is 6.31. The van der Waals surface area contributed by atoms with Crippen molar-refractivity contribution in [2.75, 3.05) is 7.11 Å². The van der Waals surface area contributed by atoms with Crippen LogP contribution in [0, 0.1) is 0 Å². The molecule has 0 N–H and O–H groups in total. The van der Waals surface area contributed by atoms with Gasteiger partial charge in [0.2, 0.25) is 0 Å². The van der Waals surface area contributed by atoms with Gasteiger partial charge in [-0.05, 0) is 17.7 Å². The smallest absolute Gasteiger partial charge is 0.416 e. The summed E-state index contributed by atoms with van der Waals surface area (Å²) >= 11 is 11.1. The highest BCUT2D eigenvalue weighted by atomic mass is 35.5. The van der Waals surface area contributed by atoms with Crippen molar-refractivity contribution in [3.8, 4) is 0 Å². The maximum absolute atomic E-state index is 12.7. The molecule has 0 radical (unpaired) electrons. The lowest BCUT2D eigenvalue weighted by molar-refractivity contribution is -0.142. The summed E-state index contributed by atoms with van der Waals surface area (Å²) < 4.78 is 42.4. The monoisotopic (exact) mass is 286 g/mol. The van der Waals surface area contributed by atoms with Gasteiger partial charge in [0, 0.05) is 5.02 Å². The van der Waals surface area contributed by atoms with E-state index >= 15 is 0 Å². The maximum atomic E-state index is 12.7. The zero-order valence-electron chi connectivity index (χ0n) is 8.52. The van der Waals surface area contributed by atoms with Crippen molar-refractivity contribution in [3.05, 3.63) is 34.3 Å². The Morgan fingerprint density at radius 3 is 2.47 bits per heavy atom. The average Bonchev–Trinajstić information content (AvgIpc) is 2.25. The molecule has 0 aliphatic rings. The first-order chi connectivity index (χ1) is 7.77. The Morgan fingerprint density at radius 1 is 1.41 bits per heavy atom. The van der Waals surface area contributed by atoms with Crippen LogP contribution < -0.4 is 0 Å². The summed E-state index contributed by atoms with van der Waals surface area (Å²) in [6.07, 6.45) is -4.64. The summed E-state index contributed by atoms with van der Waals surface area (Å²) in [7, 11) is 1.04. The van der Waals surface area contributed by atoms with Crippen molar-refractivity contribution < 1.29 is 22.7 Å². The van der Waals surface area contributed by atoms with Gasteiger partial charge >= 0.3 is 12.1 Å². The molecule has 0 amide bonds. The standard InChI is InChI=1S/C10H7Cl2F3O2/c1-17-9(16)8(12)6-3-2-5(11)4-7(6)10(13,14)15/h2-4,8H,1H3. The molecule has 1 atom stereocenters. The van der Waals surface area contributed by atoms with Crippen LogP contribution in [0.1, 0.15) is 16.5 Å². The van der Waals surface area contributed by atoms with E-state index in [0.29, 0.717) is 0 Å². The third-order valence-electron chi connectivity index (χ3n) is 2.00. The number of ether oxygens (including phenoxy) is 1. The van der Waals surface area contributed by atoms with E-state index in [0.717, 1.165) is 19.2 Å². The molecular weight excluding hydrogens is 280 g/mol. The Morgan fingerprint density at radius 2 is 2.00 bits per heavy atom. The van der Waals surface area contributed by atoms with Crippen molar-refractivity contribution in [3.63, 3.8) is 0 Å². The molecule has 1 unspecified atom stereocenters. The van der Waals surface area contributed by atoms with Crippen molar-refractivity contribution in [1.82, 2.24) is 0 Å². The molecule has 0 saturated carbocycles. The summed E-state index contributed by atoms with van der Waals surface area (Å²) in [6.45, 7) is 0. The molecule has 0 aliphatic heterocycles. The van der Waals surface area contributed by atoms with E-state index in [-0.39, 0.29) is 10.6 Å². The first-order valence-corrected chi connectivity index (χ1v) is 5.17. The van der Waals surface area contributed by atoms with Crippen LogP contribution in [0.5, 0.6) is 0 Å². The predicted molar refractivity (Wildman–Crippen MR) is 57.1 cm³/mol. The van der Waals surface area contributed by atoms with Gasteiger partial charge in [0.25, 0.3) is 0 Å². The number of methoxy groups -OCH3 is 1. The third-order valence-corrected chi connectivity index (χ3v) is 2.65. The fourth-order valence-corrected chi connectivity index (χ4v) is 1.68. The fraction of sp³-hybridized carbons (Fsp3) is 0.300. The summed E-state index contributed by atoms with van der Waals surface area (Å²) in [6, 6.07) is 3.00. The molecule has 1 aromatic carbocycles. The molecule has 0 saturated heterocycles. The van der Waals surface area contributed by atoms with E-state index in [1.165, 1.54) is 6.07 Å². The van der Waals surface area contributed by atoms with E-state index in [1.807, 2.05) is 0 Å². The second-order valence-corrected chi connectivity index (χ2v) is 3.99. The van der Waals surface area contributed by atoms with Gasteiger partial charge in [-0.3, -0.25) is 4.79 Å². The fourth-order valence-electron chi connectivity index (χ4n) is 1.23. The Kier molecular flexibility index (Phi) is 4.27. The number of alkyl halides is 4. The maximum Gasteiger partial charge on any atom is 0.416 e. The zero-order valence-corrected chi connectivity index (χ0v) is 10.0. The van der Waals surface area contributed by atoms with E-state index in [4.69, 9.17) is 23.2 Å². The van der Waals surface area contributed by atoms with Gasteiger partial charge < -0.3 is 4.74 Å². The van der Waals surface area contributed by atoms with E-state index in [2.05, 4.69) is 4.74 Å². The Hall–Kier alpha value is -0.940. The van der Waals surface area contributed by atoms with Crippen LogP contribution in [-0.4, -0.2) is 13.1 Å². The zero-order chi connectivity index (χ0) is 13.2. The van der Waals surface area contributed by atoms with Crippen molar-refractivity contribution >= 4 is 29.2 Å². The first-order valence-electron chi connectivity index (χ1n) is 4.36. The van der Waals surface area contributed by atoms with Crippen molar-refractivity contribution in [2.45, 2.75) is 11.6 Å². The Balaban J connectivity index is 3.29. The second kappa shape index (κ2) is 5.14. The molecule has 17 heavy (non-hydrogen) atoms. The molecule has 0 heterocycles. The summed E-state index contributed by atoms with van der Waals surface area (Å²) in [5, 5.41) is -1.61. The summed E-state index contributed by atoms with van der Waals surface area (Å²) in [5.74, 6) is -0.959. The first kappa shape index (κ1) is 14.1. The van der Waals surface area contributed by atoms with Gasteiger partial charge in [-0.1, -0.05) is 17.7 Å². The molecule has 94 valence electrons. The minimum Gasteiger partial charge on any atom is -0.468 e. The lowest BCUT2D eigenvalue weighted by Crippen LogP contribution is -2.15. The highest BCUT2D eigenvalue weighted by Crippen LogP contribution is 2.38. The number of carbonyl (C=O) groups excluding carboxylic acids is 1. The van der Waals surface area contributed by atoms with Crippen LogP contribution in [0.25, 0.3) is 0 Å². The van der Waals surface area contributed by atoms with Crippen LogP contribution in [0.4, 0.5) is 13.2 Å². The van der Waals surface area contributed by atoms with Crippen LogP contribution in [0.2, 0.25) is 5.02 Å². The summed E-state index contributed by atoms with van der Waals surface area (Å²) in [4.78, 5) is 11.1. The van der Waals surface area contributed by atoms with Gasteiger partial charge in [-0.2, -0.15) is 13.2 Å². The molecule has 0 bridgehead atoms. The number of halogens is 5. The molecule has 0 aromatic heterocycles. The van der Waals surface area contributed by atoms with E-state index in [9.17, 15) is 18.0 Å². The lowest BCUT2D eigenvalue weighted by atomic mass is 10.0. The third kappa shape index (κ3) is 3.26. The molecule has 0 spiro atoms. The minimum atomic E-state index is -4.64. The normalized spacial score (nSPS) is 13.3. The van der Waals surface area contributed by atoms with E-state index < -0.39 is 23.1 Å². The number of hydrogen-bond acceptors (Lipinski definition) is 2. The minimum absolute atomic E-state index is 0.0881. The number of esters is 1. The molecule has 1 aromatic rings. The quantitative estimate of drug-likeness (QED) is 0.610. The average molecular weight is 287 g/mol. The van der Waals surface area contributed by atoms with Crippen molar-refractivity contribution in [2.24, 2.45) is 0 Å². The van der Waals surface area contributed by atoms with Crippen LogP contribution in [0.15, 0.2) is 18.2 Å². The highest BCUT2D eigenvalue weighted by Gasteiger charge is 2.37. The van der Waals surface area contributed by atoms with Gasteiger partial charge in [0.1, 0.15) is 0 Å². The summed E-state index contributed by atoms with van der Waals surface area (Å²) in [5.41, 5.74) is -1.43. The topological polar surface area (TPSA) is 26.3 Å². The number of hydrogen-bond donors (Lipinski definition) is 0. The molecule has 1 rings (SSSR count).